The zero-order chi connectivity index (χ0) is 13.0. The van der Waals surface area contributed by atoms with Gasteiger partial charge < -0.3 is 5.32 Å². The molecule has 2 unspecified atom stereocenters. The SMILES string of the molecule is CCC1CCCNC1CNS(=O)(=O)c1cn[nH]c1. The number of sulfonamides is 1. The number of nitrogens with zero attached hydrogens (tertiary/aromatic N) is 1. The molecule has 2 atom stereocenters. The fourth-order valence-electron chi connectivity index (χ4n) is 2.42. The molecule has 7 heteroatoms. The number of aromatic nitrogens is 2. The van der Waals surface area contributed by atoms with Gasteiger partial charge in [0, 0.05) is 18.8 Å². The summed E-state index contributed by atoms with van der Waals surface area (Å²) in [5.74, 6) is 0.547. The Bertz CT molecular complexity index is 457. The third-order valence-corrected chi connectivity index (χ3v) is 4.92. The highest BCUT2D eigenvalue weighted by Gasteiger charge is 2.25. The summed E-state index contributed by atoms with van der Waals surface area (Å²) in [6, 6.07) is 0.227. The molecular weight excluding hydrogens is 252 g/mol. The van der Waals surface area contributed by atoms with E-state index >= 15 is 0 Å². The van der Waals surface area contributed by atoms with Crippen LogP contribution in [0.5, 0.6) is 0 Å². The molecule has 0 aromatic carbocycles. The second-order valence-corrected chi connectivity index (χ2v) is 6.42. The topological polar surface area (TPSA) is 86.9 Å². The lowest BCUT2D eigenvalue weighted by Gasteiger charge is -2.32. The van der Waals surface area contributed by atoms with Crippen molar-refractivity contribution in [1.82, 2.24) is 20.2 Å². The maximum absolute atomic E-state index is 11.9. The first-order valence-corrected chi connectivity index (χ1v) is 7.83. The van der Waals surface area contributed by atoms with E-state index in [4.69, 9.17) is 0 Å². The summed E-state index contributed by atoms with van der Waals surface area (Å²) >= 11 is 0. The van der Waals surface area contributed by atoms with Crippen LogP contribution in [0.4, 0.5) is 0 Å². The van der Waals surface area contributed by atoms with Crippen molar-refractivity contribution in [3.63, 3.8) is 0 Å². The minimum atomic E-state index is -3.43. The van der Waals surface area contributed by atoms with E-state index in [0.29, 0.717) is 12.5 Å². The van der Waals surface area contributed by atoms with Gasteiger partial charge in [-0.25, -0.2) is 13.1 Å². The van der Waals surface area contributed by atoms with Gasteiger partial charge in [-0.05, 0) is 25.3 Å². The molecule has 18 heavy (non-hydrogen) atoms. The number of hydrogen-bond acceptors (Lipinski definition) is 4. The molecular formula is C11H20N4O2S. The molecule has 3 N–H and O–H groups in total. The summed E-state index contributed by atoms with van der Waals surface area (Å²) in [4.78, 5) is 0.186. The van der Waals surface area contributed by atoms with Gasteiger partial charge in [0.1, 0.15) is 4.90 Å². The lowest BCUT2D eigenvalue weighted by Crippen LogP contribution is -2.48. The van der Waals surface area contributed by atoms with E-state index in [1.54, 1.807) is 0 Å². The first-order chi connectivity index (χ1) is 8.63. The van der Waals surface area contributed by atoms with Gasteiger partial charge in [0.2, 0.25) is 10.0 Å². The van der Waals surface area contributed by atoms with E-state index in [1.807, 2.05) is 0 Å². The molecule has 1 aromatic rings. The van der Waals surface area contributed by atoms with E-state index in [2.05, 4.69) is 27.2 Å². The highest BCUT2D eigenvalue weighted by molar-refractivity contribution is 7.89. The van der Waals surface area contributed by atoms with Crippen molar-refractivity contribution in [2.45, 2.75) is 37.1 Å². The Balaban J connectivity index is 1.94. The maximum atomic E-state index is 11.9. The van der Waals surface area contributed by atoms with Gasteiger partial charge >= 0.3 is 0 Å². The zero-order valence-corrected chi connectivity index (χ0v) is 11.3. The third-order valence-electron chi connectivity index (χ3n) is 3.53. The summed E-state index contributed by atoms with van der Waals surface area (Å²) < 4.78 is 26.5. The van der Waals surface area contributed by atoms with Gasteiger partial charge in [-0.3, -0.25) is 5.10 Å². The van der Waals surface area contributed by atoms with Crippen molar-refractivity contribution in [3.8, 4) is 0 Å². The number of rotatable bonds is 5. The average molecular weight is 272 g/mol. The minimum Gasteiger partial charge on any atom is -0.312 e. The maximum Gasteiger partial charge on any atom is 0.243 e. The van der Waals surface area contributed by atoms with Crippen LogP contribution in [0, 0.1) is 5.92 Å². The number of aromatic amines is 1. The van der Waals surface area contributed by atoms with Crippen LogP contribution in [0.15, 0.2) is 17.3 Å². The molecule has 2 heterocycles. The van der Waals surface area contributed by atoms with E-state index in [-0.39, 0.29) is 10.9 Å². The van der Waals surface area contributed by atoms with Crippen LogP contribution < -0.4 is 10.0 Å². The molecule has 102 valence electrons. The van der Waals surface area contributed by atoms with Gasteiger partial charge in [-0.15, -0.1) is 0 Å². The van der Waals surface area contributed by atoms with Crippen molar-refractivity contribution >= 4 is 10.0 Å². The van der Waals surface area contributed by atoms with Crippen molar-refractivity contribution in [2.24, 2.45) is 5.92 Å². The molecule has 0 aliphatic carbocycles. The summed E-state index contributed by atoms with van der Waals surface area (Å²) in [6.07, 6.45) is 6.11. The number of nitrogens with one attached hydrogen (secondary N) is 3. The predicted molar refractivity (Wildman–Crippen MR) is 68.6 cm³/mol. The molecule has 2 rings (SSSR count). The number of piperidine rings is 1. The van der Waals surface area contributed by atoms with E-state index in [1.165, 1.54) is 25.2 Å². The second-order valence-electron chi connectivity index (χ2n) is 4.66. The Hall–Kier alpha value is -0.920. The molecule has 6 nitrogen and oxygen atoms in total. The van der Waals surface area contributed by atoms with Crippen molar-refractivity contribution in [2.75, 3.05) is 13.1 Å². The molecule has 1 aliphatic rings. The summed E-state index contributed by atoms with van der Waals surface area (Å²) in [5.41, 5.74) is 0. The summed E-state index contributed by atoms with van der Waals surface area (Å²) in [6.45, 7) is 3.55. The average Bonchev–Trinajstić information content (AvgIpc) is 2.91. The smallest absolute Gasteiger partial charge is 0.243 e. The molecule has 1 saturated heterocycles. The molecule has 0 spiro atoms. The van der Waals surface area contributed by atoms with Crippen LogP contribution in [-0.2, 0) is 10.0 Å². The van der Waals surface area contributed by atoms with Gasteiger partial charge in [0.15, 0.2) is 0 Å². The lowest BCUT2D eigenvalue weighted by molar-refractivity contribution is 0.273. The zero-order valence-electron chi connectivity index (χ0n) is 10.5. The molecule has 1 aromatic heterocycles. The van der Waals surface area contributed by atoms with Crippen LogP contribution >= 0.6 is 0 Å². The molecule has 0 saturated carbocycles. The van der Waals surface area contributed by atoms with E-state index in [0.717, 1.165) is 13.0 Å². The lowest BCUT2D eigenvalue weighted by atomic mass is 9.89. The molecule has 1 fully saturated rings. The Morgan fingerprint density at radius 1 is 1.56 bits per heavy atom. The molecule has 0 bridgehead atoms. The largest absolute Gasteiger partial charge is 0.312 e. The highest BCUT2D eigenvalue weighted by atomic mass is 32.2. The van der Waals surface area contributed by atoms with Crippen LogP contribution in [0.3, 0.4) is 0 Å². The monoisotopic (exact) mass is 272 g/mol. The second kappa shape index (κ2) is 5.81. The Morgan fingerprint density at radius 2 is 2.39 bits per heavy atom. The fourth-order valence-corrected chi connectivity index (χ4v) is 3.38. The fraction of sp³-hybridized carbons (Fsp3) is 0.727. The quantitative estimate of drug-likeness (QED) is 0.727. The van der Waals surface area contributed by atoms with Crippen molar-refractivity contribution in [3.05, 3.63) is 12.4 Å². The van der Waals surface area contributed by atoms with Gasteiger partial charge in [0.25, 0.3) is 0 Å². The Morgan fingerprint density at radius 3 is 3.06 bits per heavy atom. The summed E-state index contributed by atoms with van der Waals surface area (Å²) in [7, 11) is -3.43. The molecule has 0 amide bonds. The van der Waals surface area contributed by atoms with Crippen LogP contribution in [-0.4, -0.2) is 37.7 Å². The first-order valence-electron chi connectivity index (χ1n) is 6.35. The van der Waals surface area contributed by atoms with E-state index in [9.17, 15) is 8.42 Å². The normalized spacial score (nSPS) is 25.2. The van der Waals surface area contributed by atoms with Gasteiger partial charge in [0.05, 0.1) is 6.20 Å². The predicted octanol–water partition coefficient (Wildman–Crippen LogP) is 0.466. The highest BCUT2D eigenvalue weighted by Crippen LogP contribution is 2.19. The van der Waals surface area contributed by atoms with Crippen LogP contribution in [0.25, 0.3) is 0 Å². The van der Waals surface area contributed by atoms with Crippen molar-refractivity contribution < 1.29 is 8.42 Å². The standard InChI is InChI=1S/C11H20N4O2S/c1-2-9-4-3-5-12-11(9)8-15-18(16,17)10-6-13-14-7-10/h6-7,9,11-12,15H,2-5,8H2,1H3,(H,13,14). The van der Waals surface area contributed by atoms with E-state index < -0.39 is 10.0 Å². The third kappa shape index (κ3) is 3.09. The van der Waals surface area contributed by atoms with Gasteiger partial charge in [-0.2, -0.15) is 5.10 Å². The number of hydrogen-bond donors (Lipinski definition) is 3. The molecule has 0 radical (unpaired) electrons. The first kappa shape index (κ1) is 13.5. The van der Waals surface area contributed by atoms with Crippen LogP contribution in [0.2, 0.25) is 0 Å². The van der Waals surface area contributed by atoms with Crippen molar-refractivity contribution in [1.29, 1.82) is 0 Å². The number of H-pyrrole nitrogens is 1. The minimum absolute atomic E-state index is 0.186. The van der Waals surface area contributed by atoms with Crippen LogP contribution in [0.1, 0.15) is 26.2 Å². The Labute approximate surface area is 108 Å². The summed E-state index contributed by atoms with van der Waals surface area (Å²) in [5, 5.41) is 9.55. The van der Waals surface area contributed by atoms with Gasteiger partial charge in [-0.1, -0.05) is 13.3 Å². The molecule has 1 aliphatic heterocycles. The Kier molecular flexibility index (Phi) is 4.36.